The summed E-state index contributed by atoms with van der Waals surface area (Å²) >= 11 is 0. The van der Waals surface area contributed by atoms with Crippen LogP contribution in [0.25, 0.3) is 0 Å². The molecule has 1 saturated carbocycles. The van der Waals surface area contributed by atoms with Crippen molar-refractivity contribution in [2.75, 3.05) is 11.4 Å². The maximum Gasteiger partial charge on any atom is 0.414 e. The molecule has 0 radical (unpaired) electrons. The lowest BCUT2D eigenvalue weighted by Crippen LogP contribution is -2.40. The van der Waals surface area contributed by atoms with E-state index in [1.165, 1.54) is 24.0 Å². The van der Waals surface area contributed by atoms with Crippen molar-refractivity contribution in [1.82, 2.24) is 5.32 Å². The Morgan fingerprint density at radius 1 is 1.36 bits per heavy atom. The monoisotopic (exact) mass is 302 g/mol. The summed E-state index contributed by atoms with van der Waals surface area (Å²) in [6, 6.07) is 7.01. The van der Waals surface area contributed by atoms with Crippen molar-refractivity contribution >= 4 is 11.8 Å². The number of nitrogens with one attached hydrogen (secondary N) is 1. The van der Waals surface area contributed by atoms with Crippen molar-refractivity contribution < 1.29 is 9.53 Å². The molecule has 0 spiro atoms. The lowest BCUT2D eigenvalue weighted by Gasteiger charge is -2.33. The van der Waals surface area contributed by atoms with Crippen LogP contribution in [-0.2, 0) is 17.7 Å². The average Bonchev–Trinajstić information content (AvgIpc) is 3.26. The van der Waals surface area contributed by atoms with Crippen LogP contribution in [0.2, 0.25) is 0 Å². The van der Waals surface area contributed by atoms with Gasteiger partial charge in [-0.15, -0.1) is 0 Å². The molecule has 4 heteroatoms. The number of rotatable bonds is 3. The third kappa shape index (κ3) is 3.61. The minimum atomic E-state index is -0.462. The number of aryl methyl sites for hydroxylation is 1. The molecule has 0 bridgehead atoms. The third-order valence-electron chi connectivity index (χ3n) is 4.07. The Balaban J connectivity index is 1.84. The molecule has 1 aliphatic carbocycles. The molecule has 1 fully saturated rings. The molecule has 0 unspecified atom stereocenters. The van der Waals surface area contributed by atoms with Gasteiger partial charge in [-0.25, -0.2) is 4.79 Å². The normalized spacial score (nSPS) is 18.0. The summed E-state index contributed by atoms with van der Waals surface area (Å²) in [6.07, 6.45) is 4.33. The summed E-state index contributed by atoms with van der Waals surface area (Å²) in [7, 11) is 0. The number of carbonyl (C=O) groups is 1. The average molecular weight is 302 g/mol. The second-order valence-corrected chi connectivity index (χ2v) is 7.32. The first kappa shape index (κ1) is 15.3. The van der Waals surface area contributed by atoms with Crippen LogP contribution in [0, 0.1) is 0 Å². The molecule has 1 aliphatic heterocycles. The van der Waals surface area contributed by atoms with E-state index in [0.29, 0.717) is 6.04 Å². The molecule has 1 aromatic rings. The van der Waals surface area contributed by atoms with Crippen LogP contribution in [0.3, 0.4) is 0 Å². The fourth-order valence-electron chi connectivity index (χ4n) is 2.92. The van der Waals surface area contributed by atoms with Gasteiger partial charge in [0.05, 0.1) is 5.69 Å². The number of carbonyl (C=O) groups excluding carboxylic acids is 1. The summed E-state index contributed by atoms with van der Waals surface area (Å²) in [4.78, 5) is 14.4. The molecular formula is C18H26N2O2. The van der Waals surface area contributed by atoms with E-state index in [0.717, 1.165) is 31.6 Å². The van der Waals surface area contributed by atoms with E-state index in [-0.39, 0.29) is 6.09 Å². The van der Waals surface area contributed by atoms with E-state index in [2.05, 4.69) is 23.5 Å². The minimum Gasteiger partial charge on any atom is -0.443 e. The number of nitrogens with zero attached hydrogens (tertiary/aromatic N) is 1. The number of ether oxygens (including phenoxy) is 1. The summed E-state index contributed by atoms with van der Waals surface area (Å²) in [5.41, 5.74) is 3.06. The quantitative estimate of drug-likeness (QED) is 0.927. The van der Waals surface area contributed by atoms with Gasteiger partial charge >= 0.3 is 6.09 Å². The van der Waals surface area contributed by atoms with Gasteiger partial charge in [0.2, 0.25) is 0 Å². The van der Waals surface area contributed by atoms with Gasteiger partial charge in [-0.1, -0.05) is 18.2 Å². The Morgan fingerprint density at radius 2 is 2.14 bits per heavy atom. The van der Waals surface area contributed by atoms with E-state index in [4.69, 9.17) is 4.74 Å². The highest BCUT2D eigenvalue weighted by molar-refractivity contribution is 5.90. The van der Waals surface area contributed by atoms with E-state index in [1.54, 1.807) is 0 Å². The van der Waals surface area contributed by atoms with Crippen molar-refractivity contribution in [1.29, 1.82) is 0 Å². The van der Waals surface area contributed by atoms with Crippen molar-refractivity contribution in [2.24, 2.45) is 0 Å². The topological polar surface area (TPSA) is 41.6 Å². The predicted molar refractivity (Wildman–Crippen MR) is 88.2 cm³/mol. The predicted octanol–water partition coefficient (Wildman–Crippen LogP) is 3.63. The van der Waals surface area contributed by atoms with Crippen LogP contribution in [0.5, 0.6) is 0 Å². The van der Waals surface area contributed by atoms with Gasteiger partial charge in [0.15, 0.2) is 0 Å². The lowest BCUT2D eigenvalue weighted by molar-refractivity contribution is 0.0577. The fraction of sp³-hybridized carbons (Fsp3) is 0.611. The van der Waals surface area contributed by atoms with Crippen LogP contribution < -0.4 is 10.2 Å². The second-order valence-electron chi connectivity index (χ2n) is 7.32. The van der Waals surface area contributed by atoms with Gasteiger partial charge in [0.1, 0.15) is 5.60 Å². The molecule has 2 aliphatic rings. The maximum absolute atomic E-state index is 12.6. The molecule has 0 aromatic heterocycles. The van der Waals surface area contributed by atoms with Gasteiger partial charge in [-0.2, -0.15) is 0 Å². The van der Waals surface area contributed by atoms with Crippen LogP contribution >= 0.6 is 0 Å². The van der Waals surface area contributed by atoms with Crippen LogP contribution in [0.15, 0.2) is 18.2 Å². The van der Waals surface area contributed by atoms with Crippen LogP contribution in [-0.4, -0.2) is 24.3 Å². The number of fused-ring (bicyclic) bond motifs is 1. The van der Waals surface area contributed by atoms with Crippen molar-refractivity contribution in [3.05, 3.63) is 29.3 Å². The molecule has 1 heterocycles. The van der Waals surface area contributed by atoms with Crippen molar-refractivity contribution in [2.45, 2.75) is 64.6 Å². The number of para-hydroxylation sites is 1. The first-order valence-electron chi connectivity index (χ1n) is 8.29. The first-order chi connectivity index (χ1) is 10.4. The highest BCUT2D eigenvalue weighted by Gasteiger charge is 2.29. The van der Waals surface area contributed by atoms with E-state index in [1.807, 2.05) is 25.7 Å². The SMILES string of the molecule is CC(C)(C)OC(=O)N1CCCc2cccc(CNC3CC3)c21. The smallest absolute Gasteiger partial charge is 0.414 e. The molecule has 1 N–H and O–H groups in total. The number of hydrogen-bond donors (Lipinski definition) is 1. The Bertz CT molecular complexity index is 559. The summed E-state index contributed by atoms with van der Waals surface area (Å²) in [6.45, 7) is 7.30. The minimum absolute atomic E-state index is 0.229. The highest BCUT2D eigenvalue weighted by atomic mass is 16.6. The van der Waals surface area contributed by atoms with Crippen molar-refractivity contribution in [3.63, 3.8) is 0 Å². The molecule has 1 aromatic carbocycles. The zero-order valence-electron chi connectivity index (χ0n) is 13.8. The highest BCUT2D eigenvalue weighted by Crippen LogP contribution is 2.33. The fourth-order valence-corrected chi connectivity index (χ4v) is 2.92. The summed E-state index contributed by atoms with van der Waals surface area (Å²) < 4.78 is 5.59. The first-order valence-corrected chi connectivity index (χ1v) is 8.29. The standard InChI is InChI=1S/C18H26N2O2/c1-18(2,3)22-17(21)20-11-5-8-13-6-4-7-14(16(13)20)12-19-15-9-10-15/h4,6-7,15,19H,5,8-12H2,1-3H3. The van der Waals surface area contributed by atoms with Crippen molar-refractivity contribution in [3.8, 4) is 0 Å². The Kier molecular flexibility index (Phi) is 4.13. The molecule has 0 atom stereocenters. The van der Waals surface area contributed by atoms with Gasteiger partial charge in [-0.3, -0.25) is 4.90 Å². The molecular weight excluding hydrogens is 276 g/mol. The van der Waals surface area contributed by atoms with Gasteiger partial charge in [0, 0.05) is 19.1 Å². The molecule has 0 saturated heterocycles. The van der Waals surface area contributed by atoms with Crippen LogP contribution in [0.4, 0.5) is 10.5 Å². The molecule has 1 amide bonds. The second kappa shape index (κ2) is 5.92. The van der Waals surface area contributed by atoms with E-state index in [9.17, 15) is 4.79 Å². The molecule has 4 nitrogen and oxygen atoms in total. The molecule has 3 rings (SSSR count). The number of benzene rings is 1. The Labute approximate surface area is 132 Å². The van der Waals surface area contributed by atoms with Gasteiger partial charge < -0.3 is 10.1 Å². The molecule has 22 heavy (non-hydrogen) atoms. The Morgan fingerprint density at radius 3 is 2.82 bits per heavy atom. The Hall–Kier alpha value is -1.55. The number of amides is 1. The number of hydrogen-bond acceptors (Lipinski definition) is 3. The van der Waals surface area contributed by atoms with Gasteiger partial charge in [0.25, 0.3) is 0 Å². The maximum atomic E-state index is 12.6. The lowest BCUT2D eigenvalue weighted by atomic mass is 9.98. The number of anilines is 1. The third-order valence-corrected chi connectivity index (χ3v) is 4.07. The zero-order valence-corrected chi connectivity index (χ0v) is 13.8. The zero-order chi connectivity index (χ0) is 15.7. The summed E-state index contributed by atoms with van der Waals surface area (Å²) in [5, 5.41) is 3.55. The summed E-state index contributed by atoms with van der Waals surface area (Å²) in [5.74, 6) is 0. The van der Waals surface area contributed by atoms with Gasteiger partial charge in [-0.05, 0) is 57.6 Å². The largest absolute Gasteiger partial charge is 0.443 e. The molecule has 120 valence electrons. The van der Waals surface area contributed by atoms with E-state index < -0.39 is 5.60 Å². The van der Waals surface area contributed by atoms with E-state index >= 15 is 0 Å². The van der Waals surface area contributed by atoms with Crippen LogP contribution in [0.1, 0.15) is 51.2 Å².